The summed E-state index contributed by atoms with van der Waals surface area (Å²) in [4.78, 5) is 15.3. The van der Waals surface area contributed by atoms with Gasteiger partial charge in [0.25, 0.3) is 0 Å². The number of hydrogen-bond donors (Lipinski definition) is 2. The smallest absolute Gasteiger partial charge is 0.410 e. The van der Waals surface area contributed by atoms with Crippen LogP contribution in [0.15, 0.2) is 18.2 Å². The van der Waals surface area contributed by atoms with Crippen LogP contribution in [0.25, 0.3) is 0 Å². The second-order valence-corrected chi connectivity index (χ2v) is 6.10. The highest BCUT2D eigenvalue weighted by Gasteiger charge is 2.55. The van der Waals surface area contributed by atoms with E-state index in [1.165, 1.54) is 17.8 Å². The highest BCUT2D eigenvalue weighted by molar-refractivity contribution is 5.71. The number of quaternary nitrogens is 1. The number of likely N-dealkylation sites (N-methyl/N-ethyl adjacent to an activating group) is 2. The number of amides is 1. The molecule has 1 aromatic carbocycles. The van der Waals surface area contributed by atoms with E-state index < -0.39 is 6.09 Å². The molecule has 5 heteroatoms. The highest BCUT2D eigenvalue weighted by Crippen LogP contribution is 2.47. The molecule has 0 aliphatic carbocycles. The molecule has 3 rings (SSSR count). The van der Waals surface area contributed by atoms with Crippen molar-refractivity contribution in [1.82, 2.24) is 5.32 Å². The Morgan fingerprint density at radius 1 is 1.55 bits per heavy atom. The van der Waals surface area contributed by atoms with Gasteiger partial charge in [-0.25, -0.2) is 4.79 Å². The summed E-state index contributed by atoms with van der Waals surface area (Å²) >= 11 is 0. The maximum atomic E-state index is 11.4. The van der Waals surface area contributed by atoms with Gasteiger partial charge in [0.15, 0.2) is 6.17 Å². The van der Waals surface area contributed by atoms with Gasteiger partial charge in [0.05, 0.1) is 19.0 Å². The number of carbonyl (C=O) groups is 1. The molecule has 0 bridgehead atoms. The first kappa shape index (κ1) is 13.2. The quantitative estimate of drug-likeness (QED) is 0.778. The third-order valence-electron chi connectivity index (χ3n) is 4.87. The van der Waals surface area contributed by atoms with Crippen LogP contribution >= 0.6 is 0 Å². The van der Waals surface area contributed by atoms with Crippen molar-refractivity contribution in [3.63, 3.8) is 0 Å². The maximum Gasteiger partial charge on any atom is 0.412 e. The van der Waals surface area contributed by atoms with Crippen molar-refractivity contribution in [3.8, 4) is 5.75 Å². The number of rotatable bonds is 1. The molecule has 1 amide bonds. The Bertz CT molecular complexity index is 560. The monoisotopic (exact) mass is 276 g/mol. The Hall–Kier alpha value is -1.75. The summed E-state index contributed by atoms with van der Waals surface area (Å²) in [6.45, 7) is 3.49. The van der Waals surface area contributed by atoms with Crippen molar-refractivity contribution >= 4 is 11.8 Å². The molecule has 2 aliphatic rings. The predicted molar refractivity (Wildman–Crippen MR) is 77.4 cm³/mol. The van der Waals surface area contributed by atoms with Gasteiger partial charge in [0.2, 0.25) is 0 Å². The summed E-state index contributed by atoms with van der Waals surface area (Å²) in [6.07, 6.45) is 1.20. The number of likely N-dealkylation sites (tertiary alicyclic amines) is 1. The molecule has 0 spiro atoms. The lowest BCUT2D eigenvalue weighted by molar-refractivity contribution is -0.893. The van der Waals surface area contributed by atoms with E-state index >= 15 is 0 Å². The molecule has 1 fully saturated rings. The van der Waals surface area contributed by atoms with E-state index in [-0.39, 0.29) is 5.41 Å². The third kappa shape index (κ3) is 1.69. The molecule has 20 heavy (non-hydrogen) atoms. The average Bonchev–Trinajstić information content (AvgIpc) is 2.85. The summed E-state index contributed by atoms with van der Waals surface area (Å²) in [5.74, 6) is 0.614. The first-order chi connectivity index (χ1) is 9.47. The topological polar surface area (TPSA) is 46.0 Å². The molecule has 0 aromatic heterocycles. The molecule has 1 saturated heterocycles. The minimum absolute atomic E-state index is 0.135. The molecule has 1 aromatic rings. The van der Waals surface area contributed by atoms with Crippen LogP contribution in [0.2, 0.25) is 0 Å². The SMILES string of the molecule is CNC(=O)Oc1ccc2c(c1)[C@]1(C)CC[NH+](C)[C@H]1N2C. The lowest BCUT2D eigenvalue weighted by Gasteiger charge is -2.28. The van der Waals surface area contributed by atoms with E-state index in [9.17, 15) is 4.79 Å². The Balaban J connectivity index is 2.00. The number of hydrogen-bond acceptors (Lipinski definition) is 3. The van der Waals surface area contributed by atoms with Gasteiger partial charge < -0.3 is 19.9 Å². The van der Waals surface area contributed by atoms with Gasteiger partial charge in [-0.3, -0.25) is 0 Å². The van der Waals surface area contributed by atoms with Crippen LogP contribution in [-0.2, 0) is 5.41 Å². The normalized spacial score (nSPS) is 30.9. The van der Waals surface area contributed by atoms with Crippen LogP contribution in [0.5, 0.6) is 5.75 Å². The molecule has 0 radical (unpaired) electrons. The molecular formula is C15H22N3O2+. The molecule has 2 N–H and O–H groups in total. The molecule has 0 saturated carbocycles. The number of benzene rings is 1. The number of fused-ring (bicyclic) bond motifs is 3. The molecule has 2 aliphatic heterocycles. The Labute approximate surface area is 119 Å². The van der Waals surface area contributed by atoms with Crippen LogP contribution in [-0.4, -0.2) is 39.9 Å². The average molecular weight is 276 g/mol. The van der Waals surface area contributed by atoms with Crippen molar-refractivity contribution in [1.29, 1.82) is 0 Å². The van der Waals surface area contributed by atoms with E-state index in [0.29, 0.717) is 11.9 Å². The van der Waals surface area contributed by atoms with Crippen LogP contribution in [0.3, 0.4) is 0 Å². The van der Waals surface area contributed by atoms with Gasteiger partial charge in [-0.1, -0.05) is 0 Å². The molecule has 108 valence electrons. The molecule has 3 atom stereocenters. The summed E-state index contributed by atoms with van der Waals surface area (Å²) in [5.41, 5.74) is 2.68. The van der Waals surface area contributed by atoms with Crippen molar-refractivity contribution in [2.45, 2.75) is 24.9 Å². The van der Waals surface area contributed by atoms with E-state index in [1.54, 1.807) is 11.9 Å². The number of carbonyl (C=O) groups excluding carboxylic acids is 1. The second kappa shape index (κ2) is 4.38. The number of nitrogens with one attached hydrogen (secondary N) is 2. The zero-order valence-electron chi connectivity index (χ0n) is 12.5. The van der Waals surface area contributed by atoms with Crippen molar-refractivity contribution in [2.75, 3.05) is 32.6 Å². The van der Waals surface area contributed by atoms with E-state index in [0.717, 1.165) is 6.42 Å². The fraction of sp³-hybridized carbons (Fsp3) is 0.533. The lowest BCUT2D eigenvalue weighted by Crippen LogP contribution is -3.13. The summed E-state index contributed by atoms with van der Waals surface area (Å²) in [5, 5.41) is 2.48. The summed E-state index contributed by atoms with van der Waals surface area (Å²) in [6, 6.07) is 5.95. The first-order valence-electron chi connectivity index (χ1n) is 7.06. The highest BCUT2D eigenvalue weighted by atomic mass is 16.5. The zero-order chi connectivity index (χ0) is 14.5. The van der Waals surface area contributed by atoms with E-state index in [1.807, 2.05) is 12.1 Å². The standard InChI is InChI=1S/C15H21N3O2/c1-15-7-8-17(3)13(15)18(4)12-6-5-10(9-11(12)15)20-14(19)16-2/h5-6,9,13H,7-8H2,1-4H3,(H,16,19)/p+1/t13-,15-/m0/s1. The van der Waals surface area contributed by atoms with Gasteiger partial charge >= 0.3 is 6.09 Å². The first-order valence-corrected chi connectivity index (χ1v) is 7.06. The number of nitrogens with zero attached hydrogens (tertiary/aromatic N) is 1. The minimum Gasteiger partial charge on any atom is -0.410 e. The fourth-order valence-corrected chi connectivity index (χ4v) is 3.95. The van der Waals surface area contributed by atoms with Gasteiger partial charge in [0, 0.05) is 26.2 Å². The molecule has 2 heterocycles. The summed E-state index contributed by atoms with van der Waals surface area (Å²) < 4.78 is 5.27. The van der Waals surface area contributed by atoms with Gasteiger partial charge in [-0.15, -0.1) is 0 Å². The van der Waals surface area contributed by atoms with Crippen LogP contribution < -0.4 is 19.9 Å². The number of anilines is 1. The van der Waals surface area contributed by atoms with Crippen LogP contribution in [0, 0.1) is 0 Å². The minimum atomic E-state index is -0.424. The summed E-state index contributed by atoms with van der Waals surface area (Å²) in [7, 11) is 5.97. The molecule has 1 unspecified atom stereocenters. The van der Waals surface area contributed by atoms with Crippen LogP contribution in [0.4, 0.5) is 10.5 Å². The fourth-order valence-electron chi connectivity index (χ4n) is 3.95. The second-order valence-electron chi connectivity index (χ2n) is 6.10. The van der Waals surface area contributed by atoms with Crippen molar-refractivity contribution in [2.24, 2.45) is 0 Å². The lowest BCUT2D eigenvalue weighted by atomic mass is 9.81. The Morgan fingerprint density at radius 2 is 2.30 bits per heavy atom. The molecular weight excluding hydrogens is 254 g/mol. The zero-order valence-corrected chi connectivity index (χ0v) is 12.5. The third-order valence-corrected chi connectivity index (χ3v) is 4.87. The maximum absolute atomic E-state index is 11.4. The largest absolute Gasteiger partial charge is 0.412 e. The van der Waals surface area contributed by atoms with E-state index in [4.69, 9.17) is 4.74 Å². The van der Waals surface area contributed by atoms with Crippen molar-refractivity contribution in [3.05, 3.63) is 23.8 Å². The van der Waals surface area contributed by atoms with Gasteiger partial charge in [-0.05, 0) is 30.7 Å². The van der Waals surface area contributed by atoms with E-state index in [2.05, 4.69) is 37.3 Å². The van der Waals surface area contributed by atoms with Crippen molar-refractivity contribution < 1.29 is 14.4 Å². The van der Waals surface area contributed by atoms with Gasteiger partial charge in [0.1, 0.15) is 5.75 Å². The Kier molecular flexibility index (Phi) is 2.90. The van der Waals surface area contributed by atoms with Gasteiger partial charge in [-0.2, -0.15) is 0 Å². The molecule has 5 nitrogen and oxygen atoms in total. The Morgan fingerprint density at radius 3 is 3.00 bits per heavy atom. The number of ether oxygens (including phenoxy) is 1. The van der Waals surface area contributed by atoms with Crippen LogP contribution in [0.1, 0.15) is 18.9 Å². The predicted octanol–water partition coefficient (Wildman–Crippen LogP) is 0.357.